The molecule has 6 aromatic rings. The van der Waals surface area contributed by atoms with E-state index < -0.39 is 23.6 Å². The van der Waals surface area contributed by atoms with Crippen LogP contribution in [-0.4, -0.2) is 113 Å². The number of aromatic nitrogens is 8. The Balaban J connectivity index is 1.26. The maximum absolute atomic E-state index is 13.8. The van der Waals surface area contributed by atoms with Gasteiger partial charge in [0.15, 0.2) is 0 Å². The van der Waals surface area contributed by atoms with Crippen LogP contribution in [0.1, 0.15) is 80.3 Å². The molecule has 1 saturated heterocycles. The summed E-state index contributed by atoms with van der Waals surface area (Å²) < 4.78 is 24.6. The van der Waals surface area contributed by atoms with Crippen LogP contribution >= 0.6 is 0 Å². The van der Waals surface area contributed by atoms with Crippen molar-refractivity contribution in [2.45, 2.75) is 67.2 Å². The maximum atomic E-state index is 13.8. The second kappa shape index (κ2) is 19.3. The third-order valence-corrected chi connectivity index (χ3v) is 10.5. The van der Waals surface area contributed by atoms with Crippen molar-refractivity contribution < 1.29 is 33.4 Å². The summed E-state index contributed by atoms with van der Waals surface area (Å²) in [4.78, 5) is 64.3. The third kappa shape index (κ3) is 9.71. The number of hydrogen-bond acceptors (Lipinski definition) is 12. The van der Waals surface area contributed by atoms with E-state index in [1.165, 1.54) is 0 Å². The molecule has 7 rings (SSSR count). The zero-order valence-corrected chi connectivity index (χ0v) is 36.1. The predicted octanol–water partition coefficient (Wildman–Crippen LogP) is 3.89. The van der Waals surface area contributed by atoms with E-state index >= 15 is 0 Å². The van der Waals surface area contributed by atoms with Crippen molar-refractivity contribution >= 4 is 57.6 Å². The van der Waals surface area contributed by atoms with E-state index in [1.807, 2.05) is 46.8 Å². The fourth-order valence-electron chi connectivity index (χ4n) is 7.59. The third-order valence-electron chi connectivity index (χ3n) is 10.5. The van der Waals surface area contributed by atoms with E-state index in [9.17, 15) is 19.2 Å². The number of ether oxygens (including phenoxy) is 3. The first kappa shape index (κ1) is 44.0. The second-order valence-electron chi connectivity index (χ2n) is 14.9. The molecule has 63 heavy (non-hydrogen) atoms. The maximum Gasteiger partial charge on any atom is 0.276 e. The first-order valence-electron chi connectivity index (χ1n) is 21.0. The first-order chi connectivity index (χ1) is 30.4. The number of benzene rings is 2. The number of amides is 4. The number of carbonyl (C=O) groups is 4. The van der Waals surface area contributed by atoms with Crippen LogP contribution in [0, 0.1) is 13.8 Å². The van der Waals surface area contributed by atoms with Crippen LogP contribution in [0.15, 0.2) is 48.6 Å². The van der Waals surface area contributed by atoms with Crippen molar-refractivity contribution in [1.82, 2.24) is 43.6 Å². The van der Waals surface area contributed by atoms with Crippen LogP contribution in [0.25, 0.3) is 22.1 Å². The molecule has 1 aliphatic heterocycles. The molecule has 0 atom stereocenters. The number of allylic oxidation sites excluding steroid dienone is 2. The van der Waals surface area contributed by atoms with E-state index in [2.05, 4.69) is 25.7 Å². The summed E-state index contributed by atoms with van der Waals surface area (Å²) in [6.45, 7) is 15.0. The van der Waals surface area contributed by atoms with Crippen molar-refractivity contribution in [1.29, 1.82) is 0 Å². The lowest BCUT2D eigenvalue weighted by Gasteiger charge is -2.26. The van der Waals surface area contributed by atoms with E-state index in [4.69, 9.17) is 35.6 Å². The highest BCUT2D eigenvalue weighted by Gasteiger charge is 2.24. The van der Waals surface area contributed by atoms with Crippen LogP contribution in [0.2, 0.25) is 0 Å². The minimum atomic E-state index is -0.659. The van der Waals surface area contributed by atoms with Crippen LogP contribution < -0.4 is 31.6 Å². The number of aryl methyl sites for hydroxylation is 4. The van der Waals surface area contributed by atoms with Gasteiger partial charge in [-0.05, 0) is 77.4 Å². The molecule has 5 heterocycles. The lowest BCUT2D eigenvalue weighted by Crippen LogP contribution is -2.37. The Labute approximate surface area is 363 Å². The molecule has 0 unspecified atom stereocenters. The summed E-state index contributed by atoms with van der Waals surface area (Å²) in [7, 11) is 0. The summed E-state index contributed by atoms with van der Waals surface area (Å²) in [5.41, 5.74) is 15.8. The zero-order chi connectivity index (χ0) is 44.8. The summed E-state index contributed by atoms with van der Waals surface area (Å²) in [6, 6.07) is 9.67. The van der Waals surface area contributed by atoms with E-state index in [0.717, 1.165) is 19.6 Å². The van der Waals surface area contributed by atoms with Gasteiger partial charge in [0.2, 0.25) is 23.7 Å². The van der Waals surface area contributed by atoms with Crippen molar-refractivity contribution in [2.75, 3.05) is 56.7 Å². The number of fused-ring (bicyclic) bond motifs is 2. The highest BCUT2D eigenvalue weighted by Crippen LogP contribution is 2.33. The summed E-state index contributed by atoms with van der Waals surface area (Å²) in [5.74, 6) is -1.05. The monoisotopic (exact) mass is 863 g/mol. The number of carbonyl (C=O) groups excluding carboxylic acids is 4. The van der Waals surface area contributed by atoms with Gasteiger partial charge in [-0.15, -0.1) is 0 Å². The molecule has 20 heteroatoms. The number of nitrogens with two attached hydrogens (primary N) is 2. The molecule has 0 bridgehead atoms. The number of morpholine rings is 1. The summed E-state index contributed by atoms with van der Waals surface area (Å²) in [6.07, 6.45) is 4.44. The first-order valence-corrected chi connectivity index (χ1v) is 21.0. The summed E-state index contributed by atoms with van der Waals surface area (Å²) in [5, 5.41) is 14.8. The molecule has 4 amide bonds. The highest BCUT2D eigenvalue weighted by molar-refractivity contribution is 6.05. The van der Waals surface area contributed by atoms with Gasteiger partial charge < -0.3 is 34.8 Å². The number of imidazole rings is 2. The predicted molar refractivity (Wildman–Crippen MR) is 235 cm³/mol. The van der Waals surface area contributed by atoms with Gasteiger partial charge in [-0.1, -0.05) is 12.2 Å². The number of anilines is 2. The van der Waals surface area contributed by atoms with Gasteiger partial charge >= 0.3 is 0 Å². The summed E-state index contributed by atoms with van der Waals surface area (Å²) >= 11 is 0. The SMILES string of the molecule is CCOc1cc(C(N)=O)cc2nc(NC(=O)c3cc(C)nn3CC)n(CC=CCn3c(NC(=O)c4cc(C)nn4CC)nc4cc(C(N)=O)cc(OCCCN5CCOCC5)c43)c12. The van der Waals surface area contributed by atoms with Gasteiger partial charge in [-0.25, -0.2) is 9.97 Å². The second-order valence-corrected chi connectivity index (χ2v) is 14.9. The van der Waals surface area contributed by atoms with E-state index in [0.29, 0.717) is 95.7 Å². The van der Waals surface area contributed by atoms with Gasteiger partial charge in [0.25, 0.3) is 11.8 Å². The Bertz CT molecular complexity index is 2700. The van der Waals surface area contributed by atoms with Gasteiger partial charge in [0, 0.05) is 56.9 Å². The molecule has 0 radical (unpaired) electrons. The average Bonchev–Trinajstić information content (AvgIpc) is 4.03. The van der Waals surface area contributed by atoms with E-state index in [1.54, 1.807) is 54.9 Å². The van der Waals surface area contributed by atoms with Gasteiger partial charge in [-0.3, -0.25) is 44.1 Å². The molecule has 0 spiro atoms. The molecule has 1 aliphatic rings. The minimum absolute atomic E-state index is 0.172. The van der Waals surface area contributed by atoms with Crippen LogP contribution in [-0.2, 0) is 30.9 Å². The number of hydrogen-bond donors (Lipinski definition) is 4. The smallest absolute Gasteiger partial charge is 0.276 e. The zero-order valence-electron chi connectivity index (χ0n) is 36.1. The number of nitrogens with one attached hydrogen (secondary N) is 2. The van der Waals surface area contributed by atoms with Crippen molar-refractivity contribution in [3.05, 3.63) is 82.5 Å². The minimum Gasteiger partial charge on any atom is -0.492 e. The number of rotatable bonds is 19. The lowest BCUT2D eigenvalue weighted by atomic mass is 10.1. The van der Waals surface area contributed by atoms with Gasteiger partial charge in [-0.2, -0.15) is 10.2 Å². The topological polar surface area (TPSA) is 247 Å². The molecule has 6 N–H and O–H groups in total. The number of nitrogens with zero attached hydrogens (tertiary/aromatic N) is 9. The number of primary amides is 2. The Morgan fingerprint density at radius 3 is 1.63 bits per heavy atom. The van der Waals surface area contributed by atoms with Crippen LogP contribution in [0.5, 0.6) is 11.5 Å². The Morgan fingerprint density at radius 2 is 1.19 bits per heavy atom. The van der Waals surface area contributed by atoms with Crippen molar-refractivity contribution in [3.8, 4) is 11.5 Å². The normalized spacial score (nSPS) is 13.3. The van der Waals surface area contributed by atoms with Crippen LogP contribution in [0.3, 0.4) is 0 Å². The van der Waals surface area contributed by atoms with Crippen molar-refractivity contribution in [2.24, 2.45) is 11.5 Å². The molecule has 4 aromatic heterocycles. The Morgan fingerprint density at radius 1 is 0.714 bits per heavy atom. The molecular formula is C43H53N13O7. The molecule has 0 aliphatic carbocycles. The molecule has 2 aromatic carbocycles. The highest BCUT2D eigenvalue weighted by atomic mass is 16.5. The fraction of sp³-hybridized carbons (Fsp3) is 0.395. The van der Waals surface area contributed by atoms with Gasteiger partial charge in [0.05, 0.1) is 48.8 Å². The molecule has 20 nitrogen and oxygen atoms in total. The van der Waals surface area contributed by atoms with Crippen molar-refractivity contribution in [3.63, 3.8) is 0 Å². The molecular weight excluding hydrogens is 811 g/mol. The molecule has 1 fully saturated rings. The molecule has 332 valence electrons. The quantitative estimate of drug-likeness (QED) is 0.0669. The van der Waals surface area contributed by atoms with Crippen LogP contribution in [0.4, 0.5) is 11.9 Å². The van der Waals surface area contributed by atoms with Gasteiger partial charge in [0.1, 0.15) is 33.9 Å². The van der Waals surface area contributed by atoms with E-state index in [-0.39, 0.29) is 42.7 Å². The fourth-order valence-corrected chi connectivity index (χ4v) is 7.59. The Kier molecular flexibility index (Phi) is 13.5. The average molecular weight is 864 g/mol. The standard InChI is InChI=1S/C43H53N13O7/c1-6-55-32(20-26(4)50-55)40(59)48-42-46-30-22-28(38(44)57)24-34(62-8-3)36(30)53(42)13-9-10-14-54-37-31(47-43(54)49-41(60)33-21-27(5)51-56(33)7-2)23-29(39(45)58)25-35(37)63-17-11-12-52-15-18-61-19-16-52/h9-10,20-25H,6-8,11-19H2,1-5H3,(H2,44,57)(H2,45,58)(H,46,48,59)(H,47,49,60). The molecule has 0 saturated carbocycles. The Hall–Kier alpha value is -7.06. The lowest BCUT2D eigenvalue weighted by molar-refractivity contribution is 0.0358. The largest absolute Gasteiger partial charge is 0.492 e.